The number of benzene rings is 1. The van der Waals surface area contributed by atoms with Gasteiger partial charge in [0.05, 0.1) is 28.5 Å². The number of fused-ring (bicyclic) bond motifs is 1. The highest BCUT2D eigenvalue weighted by molar-refractivity contribution is 7.99. The SMILES string of the molecule is CCOc1ccc(-c2c(C)nc3sc(C(C)(C)O)nn23)cc1SCC(C)(C)O. The molecule has 0 unspecified atom stereocenters. The minimum atomic E-state index is -1.01. The molecule has 0 fully saturated rings. The normalized spacial score (nSPS) is 12.7. The van der Waals surface area contributed by atoms with Crippen LogP contribution in [0.1, 0.15) is 45.3 Å². The second-order valence-corrected chi connectivity index (χ2v) is 9.88. The Hall–Kier alpha value is -1.61. The van der Waals surface area contributed by atoms with Gasteiger partial charge < -0.3 is 14.9 Å². The van der Waals surface area contributed by atoms with Crippen LogP contribution in [0.15, 0.2) is 23.1 Å². The lowest BCUT2D eigenvalue weighted by atomic mass is 10.1. The van der Waals surface area contributed by atoms with Crippen molar-refractivity contribution in [2.75, 3.05) is 12.4 Å². The molecule has 0 amide bonds. The molecule has 2 aromatic heterocycles. The van der Waals surface area contributed by atoms with Gasteiger partial charge in [-0.15, -0.1) is 11.8 Å². The van der Waals surface area contributed by atoms with E-state index in [1.54, 1.807) is 44.0 Å². The Morgan fingerprint density at radius 3 is 2.54 bits per heavy atom. The zero-order valence-electron chi connectivity index (χ0n) is 17.1. The van der Waals surface area contributed by atoms with E-state index in [0.717, 1.165) is 32.6 Å². The van der Waals surface area contributed by atoms with Crippen molar-refractivity contribution in [3.63, 3.8) is 0 Å². The van der Waals surface area contributed by atoms with Crippen molar-refractivity contribution in [3.8, 4) is 17.0 Å². The van der Waals surface area contributed by atoms with E-state index in [-0.39, 0.29) is 0 Å². The van der Waals surface area contributed by atoms with Gasteiger partial charge in [0.15, 0.2) is 0 Å². The summed E-state index contributed by atoms with van der Waals surface area (Å²) in [6.07, 6.45) is 0. The van der Waals surface area contributed by atoms with Gasteiger partial charge in [-0.3, -0.25) is 0 Å². The van der Waals surface area contributed by atoms with Crippen molar-refractivity contribution in [2.45, 2.75) is 57.6 Å². The van der Waals surface area contributed by atoms with Crippen molar-refractivity contribution in [2.24, 2.45) is 0 Å². The number of hydrogen-bond donors (Lipinski definition) is 2. The fourth-order valence-electron chi connectivity index (χ4n) is 2.72. The molecule has 0 spiro atoms. The quantitative estimate of drug-likeness (QED) is 0.555. The third-order valence-electron chi connectivity index (χ3n) is 4.00. The fraction of sp³-hybridized carbons (Fsp3) is 0.500. The maximum absolute atomic E-state index is 10.3. The molecule has 2 heterocycles. The molecule has 0 aliphatic heterocycles. The highest BCUT2D eigenvalue weighted by Crippen LogP contribution is 2.37. The maximum atomic E-state index is 10.3. The van der Waals surface area contributed by atoms with E-state index >= 15 is 0 Å². The number of thioether (sulfide) groups is 1. The molecule has 0 aliphatic carbocycles. The number of hydrogen-bond acceptors (Lipinski definition) is 7. The number of aliphatic hydroxyl groups is 2. The Kier molecular flexibility index (Phi) is 5.78. The van der Waals surface area contributed by atoms with E-state index in [0.29, 0.717) is 17.4 Å². The predicted molar refractivity (Wildman–Crippen MR) is 114 cm³/mol. The first-order chi connectivity index (χ1) is 13.0. The number of nitrogens with zero attached hydrogens (tertiary/aromatic N) is 3. The molecular weight excluding hydrogens is 394 g/mol. The third-order valence-corrected chi connectivity index (χ3v) is 6.70. The molecular formula is C20H27N3O3S2. The Balaban J connectivity index is 2.07. The number of aromatic nitrogens is 3. The topological polar surface area (TPSA) is 79.9 Å². The van der Waals surface area contributed by atoms with Gasteiger partial charge in [0, 0.05) is 11.3 Å². The van der Waals surface area contributed by atoms with Gasteiger partial charge in [0.2, 0.25) is 4.96 Å². The molecule has 152 valence electrons. The van der Waals surface area contributed by atoms with Crippen LogP contribution in [0.25, 0.3) is 16.2 Å². The zero-order chi connectivity index (χ0) is 20.7. The summed E-state index contributed by atoms with van der Waals surface area (Å²) >= 11 is 2.95. The molecule has 6 nitrogen and oxygen atoms in total. The van der Waals surface area contributed by atoms with E-state index in [1.807, 2.05) is 26.0 Å². The van der Waals surface area contributed by atoms with Gasteiger partial charge in [-0.2, -0.15) is 5.10 Å². The smallest absolute Gasteiger partial charge is 0.213 e. The maximum Gasteiger partial charge on any atom is 0.213 e. The van der Waals surface area contributed by atoms with E-state index in [2.05, 4.69) is 16.1 Å². The van der Waals surface area contributed by atoms with Gasteiger partial charge in [-0.25, -0.2) is 9.50 Å². The van der Waals surface area contributed by atoms with Gasteiger partial charge in [-0.1, -0.05) is 11.3 Å². The monoisotopic (exact) mass is 421 g/mol. The number of imidazole rings is 1. The average Bonchev–Trinajstić information content (AvgIpc) is 3.10. The number of rotatable bonds is 7. The third kappa shape index (κ3) is 4.51. The lowest BCUT2D eigenvalue weighted by molar-refractivity contribution is 0.0773. The molecule has 0 bridgehead atoms. The average molecular weight is 422 g/mol. The van der Waals surface area contributed by atoms with E-state index < -0.39 is 11.2 Å². The van der Waals surface area contributed by atoms with Gasteiger partial charge in [0.1, 0.15) is 16.4 Å². The summed E-state index contributed by atoms with van der Waals surface area (Å²) in [6, 6.07) is 6.01. The predicted octanol–water partition coefficient (Wildman–Crippen LogP) is 4.26. The summed E-state index contributed by atoms with van der Waals surface area (Å²) in [5, 5.41) is 25.6. The second-order valence-electron chi connectivity index (χ2n) is 7.90. The van der Waals surface area contributed by atoms with Crippen molar-refractivity contribution in [1.82, 2.24) is 14.6 Å². The van der Waals surface area contributed by atoms with Crippen molar-refractivity contribution >= 4 is 28.1 Å². The molecule has 28 heavy (non-hydrogen) atoms. The highest BCUT2D eigenvalue weighted by Gasteiger charge is 2.25. The summed E-state index contributed by atoms with van der Waals surface area (Å²) < 4.78 is 7.57. The molecule has 8 heteroatoms. The molecule has 0 radical (unpaired) electrons. The van der Waals surface area contributed by atoms with Gasteiger partial charge >= 0.3 is 0 Å². The Morgan fingerprint density at radius 2 is 1.93 bits per heavy atom. The van der Waals surface area contributed by atoms with Crippen LogP contribution in [-0.4, -0.2) is 42.8 Å². The van der Waals surface area contributed by atoms with Gasteiger partial charge in [-0.05, 0) is 59.7 Å². The van der Waals surface area contributed by atoms with Crippen LogP contribution < -0.4 is 4.74 Å². The lowest BCUT2D eigenvalue weighted by Gasteiger charge is -2.18. The molecule has 2 N–H and O–H groups in total. The van der Waals surface area contributed by atoms with Crippen LogP contribution in [0.5, 0.6) is 5.75 Å². The first-order valence-electron chi connectivity index (χ1n) is 9.21. The minimum Gasteiger partial charge on any atom is -0.493 e. The lowest BCUT2D eigenvalue weighted by Crippen LogP contribution is -2.21. The van der Waals surface area contributed by atoms with Gasteiger partial charge in [0.25, 0.3) is 0 Å². The van der Waals surface area contributed by atoms with Crippen LogP contribution in [0.4, 0.5) is 0 Å². The Morgan fingerprint density at radius 1 is 1.21 bits per heavy atom. The molecule has 0 saturated heterocycles. The van der Waals surface area contributed by atoms with Crippen LogP contribution in [0, 0.1) is 6.92 Å². The number of ether oxygens (including phenoxy) is 1. The fourth-order valence-corrected chi connectivity index (χ4v) is 4.66. The first-order valence-corrected chi connectivity index (χ1v) is 11.0. The Labute approximate surface area is 173 Å². The van der Waals surface area contributed by atoms with E-state index in [1.165, 1.54) is 11.3 Å². The van der Waals surface area contributed by atoms with Crippen LogP contribution >= 0.6 is 23.1 Å². The summed E-state index contributed by atoms with van der Waals surface area (Å²) in [5.74, 6) is 1.35. The molecule has 3 aromatic rings. The Bertz CT molecular complexity index is 981. The van der Waals surface area contributed by atoms with Crippen molar-refractivity contribution in [3.05, 3.63) is 28.9 Å². The van der Waals surface area contributed by atoms with E-state index in [4.69, 9.17) is 4.74 Å². The standard InChI is InChI=1S/C20H27N3O3S2/c1-7-26-14-9-8-13(10-15(14)27-11-19(3,4)24)16-12(2)21-18-23(16)22-17(28-18)20(5,6)25/h8-10,24-25H,7,11H2,1-6H3. The molecule has 1 aromatic carbocycles. The summed E-state index contributed by atoms with van der Waals surface area (Å²) in [5.41, 5.74) is 0.960. The van der Waals surface area contributed by atoms with Crippen LogP contribution in [-0.2, 0) is 5.60 Å². The molecule has 0 atom stereocenters. The summed E-state index contributed by atoms with van der Waals surface area (Å²) in [6.45, 7) is 11.5. The summed E-state index contributed by atoms with van der Waals surface area (Å²) in [4.78, 5) is 6.35. The molecule has 0 saturated carbocycles. The zero-order valence-corrected chi connectivity index (χ0v) is 18.7. The first kappa shape index (κ1) is 21.1. The van der Waals surface area contributed by atoms with Crippen molar-refractivity contribution < 1.29 is 14.9 Å². The number of aryl methyl sites for hydroxylation is 1. The largest absolute Gasteiger partial charge is 0.493 e. The molecule has 3 rings (SSSR count). The minimum absolute atomic E-state index is 0.552. The second kappa shape index (κ2) is 7.67. The van der Waals surface area contributed by atoms with Crippen molar-refractivity contribution in [1.29, 1.82) is 0 Å². The van der Waals surface area contributed by atoms with Crippen LogP contribution in [0.3, 0.4) is 0 Å². The van der Waals surface area contributed by atoms with E-state index in [9.17, 15) is 10.2 Å². The van der Waals surface area contributed by atoms with Crippen LogP contribution in [0.2, 0.25) is 0 Å². The molecule has 0 aliphatic rings. The summed E-state index contributed by atoms with van der Waals surface area (Å²) in [7, 11) is 0. The highest BCUT2D eigenvalue weighted by atomic mass is 32.2.